The Labute approximate surface area is 160 Å². The molecule has 0 atom stereocenters. The number of amides is 1. The zero-order valence-corrected chi connectivity index (χ0v) is 15.2. The summed E-state index contributed by atoms with van der Waals surface area (Å²) in [6, 6.07) is 15.0. The third-order valence-electron chi connectivity index (χ3n) is 3.57. The second-order valence-electron chi connectivity index (χ2n) is 5.49. The van der Waals surface area contributed by atoms with E-state index >= 15 is 0 Å². The van der Waals surface area contributed by atoms with Crippen LogP contribution < -0.4 is 5.43 Å². The minimum atomic E-state index is -4.52. The molecule has 4 nitrogen and oxygen atoms in total. The summed E-state index contributed by atoms with van der Waals surface area (Å²) >= 11 is 3.35. The van der Waals surface area contributed by atoms with Crippen LogP contribution in [0.15, 0.2) is 74.7 Å². The Kier molecular flexibility index (Phi) is 5.46. The summed E-state index contributed by atoms with van der Waals surface area (Å²) in [5.74, 6) is 0.252. The molecule has 0 aliphatic rings. The predicted molar refractivity (Wildman–Crippen MR) is 98.3 cm³/mol. The van der Waals surface area contributed by atoms with E-state index < -0.39 is 17.6 Å². The number of furan rings is 1. The van der Waals surface area contributed by atoms with Gasteiger partial charge in [-0.15, -0.1) is 0 Å². The highest BCUT2D eigenvalue weighted by atomic mass is 79.9. The zero-order valence-electron chi connectivity index (χ0n) is 13.6. The minimum absolute atomic E-state index is 0.142. The molecule has 3 aromatic rings. The van der Waals surface area contributed by atoms with E-state index in [9.17, 15) is 18.0 Å². The SMILES string of the molecule is O=C(N/N=C/c1ccc(-c2ccc(Br)cc2)o1)c1cccc(C(F)(F)F)c1. The molecule has 0 saturated carbocycles. The van der Waals surface area contributed by atoms with Crippen LogP contribution in [0.25, 0.3) is 11.3 Å². The molecule has 0 saturated heterocycles. The van der Waals surface area contributed by atoms with Crippen LogP contribution in [-0.2, 0) is 6.18 Å². The summed E-state index contributed by atoms with van der Waals surface area (Å²) in [5.41, 5.74) is 2.01. The van der Waals surface area contributed by atoms with Gasteiger partial charge >= 0.3 is 6.18 Å². The predicted octanol–water partition coefficient (Wildman–Crippen LogP) is 5.49. The van der Waals surface area contributed by atoms with Crippen LogP contribution in [0.4, 0.5) is 13.2 Å². The first-order valence-corrected chi connectivity index (χ1v) is 8.49. The Morgan fingerprint density at radius 1 is 1.07 bits per heavy atom. The molecule has 0 radical (unpaired) electrons. The molecule has 0 fully saturated rings. The number of hydrazone groups is 1. The third kappa shape index (κ3) is 4.85. The molecule has 1 heterocycles. The van der Waals surface area contributed by atoms with Crippen LogP contribution >= 0.6 is 15.9 Å². The lowest BCUT2D eigenvalue weighted by atomic mass is 10.1. The van der Waals surface area contributed by atoms with Crippen molar-refractivity contribution in [3.05, 3.63) is 82.0 Å². The van der Waals surface area contributed by atoms with Gasteiger partial charge in [-0.2, -0.15) is 18.3 Å². The Morgan fingerprint density at radius 3 is 2.52 bits per heavy atom. The lowest BCUT2D eigenvalue weighted by molar-refractivity contribution is -0.137. The zero-order chi connectivity index (χ0) is 19.4. The van der Waals surface area contributed by atoms with Crippen molar-refractivity contribution in [2.75, 3.05) is 0 Å². The fraction of sp³-hybridized carbons (Fsp3) is 0.0526. The monoisotopic (exact) mass is 436 g/mol. The van der Waals surface area contributed by atoms with Gasteiger partial charge in [0.25, 0.3) is 5.91 Å². The van der Waals surface area contributed by atoms with Crippen molar-refractivity contribution < 1.29 is 22.4 Å². The quantitative estimate of drug-likeness (QED) is 0.434. The van der Waals surface area contributed by atoms with Crippen molar-refractivity contribution in [2.24, 2.45) is 5.10 Å². The number of carbonyl (C=O) groups is 1. The maximum Gasteiger partial charge on any atom is 0.416 e. The average molecular weight is 437 g/mol. The van der Waals surface area contributed by atoms with E-state index in [4.69, 9.17) is 4.42 Å². The normalized spacial score (nSPS) is 11.7. The Balaban J connectivity index is 1.66. The topological polar surface area (TPSA) is 54.6 Å². The molecule has 0 bridgehead atoms. The van der Waals surface area contributed by atoms with E-state index in [-0.39, 0.29) is 5.56 Å². The van der Waals surface area contributed by atoms with E-state index in [0.717, 1.165) is 22.2 Å². The van der Waals surface area contributed by atoms with Crippen molar-refractivity contribution in [2.45, 2.75) is 6.18 Å². The number of nitrogens with one attached hydrogen (secondary N) is 1. The molecular weight excluding hydrogens is 425 g/mol. The Bertz CT molecular complexity index is 979. The summed E-state index contributed by atoms with van der Waals surface area (Å²) in [5, 5.41) is 3.72. The maximum atomic E-state index is 12.7. The van der Waals surface area contributed by atoms with Gasteiger partial charge in [0.1, 0.15) is 11.5 Å². The number of carbonyl (C=O) groups excluding carboxylic acids is 1. The first kappa shape index (κ1) is 18.9. The summed E-state index contributed by atoms with van der Waals surface area (Å²) < 4.78 is 44.6. The molecule has 1 aromatic heterocycles. The van der Waals surface area contributed by atoms with Gasteiger partial charge in [0.05, 0.1) is 11.8 Å². The fourth-order valence-corrected chi connectivity index (χ4v) is 2.51. The molecule has 1 N–H and O–H groups in total. The number of hydrogen-bond acceptors (Lipinski definition) is 3. The minimum Gasteiger partial charge on any atom is -0.455 e. The van der Waals surface area contributed by atoms with E-state index in [1.807, 2.05) is 24.3 Å². The van der Waals surface area contributed by atoms with Crippen LogP contribution in [0.1, 0.15) is 21.7 Å². The first-order valence-electron chi connectivity index (χ1n) is 7.69. The van der Waals surface area contributed by atoms with Gasteiger partial charge in [-0.1, -0.05) is 34.1 Å². The van der Waals surface area contributed by atoms with Crippen LogP contribution in [0, 0.1) is 0 Å². The number of alkyl halides is 3. The van der Waals surface area contributed by atoms with Crippen LogP contribution in [-0.4, -0.2) is 12.1 Å². The molecule has 0 aliphatic heterocycles. The second-order valence-corrected chi connectivity index (χ2v) is 6.40. The molecule has 0 unspecified atom stereocenters. The number of rotatable bonds is 4. The van der Waals surface area contributed by atoms with Gasteiger partial charge in [0.2, 0.25) is 0 Å². The molecular formula is C19H12BrF3N2O2. The summed E-state index contributed by atoms with van der Waals surface area (Å²) in [6.45, 7) is 0. The molecule has 1 amide bonds. The van der Waals surface area contributed by atoms with Gasteiger partial charge in [0, 0.05) is 15.6 Å². The molecule has 138 valence electrons. The van der Waals surface area contributed by atoms with Crippen molar-refractivity contribution in [3.63, 3.8) is 0 Å². The molecule has 3 rings (SSSR count). The Morgan fingerprint density at radius 2 is 1.81 bits per heavy atom. The van der Waals surface area contributed by atoms with Crippen molar-refractivity contribution in [3.8, 4) is 11.3 Å². The van der Waals surface area contributed by atoms with Crippen LogP contribution in [0.2, 0.25) is 0 Å². The fourth-order valence-electron chi connectivity index (χ4n) is 2.25. The van der Waals surface area contributed by atoms with Crippen molar-refractivity contribution >= 4 is 28.1 Å². The summed E-state index contributed by atoms with van der Waals surface area (Å²) in [6.07, 6.45) is -3.25. The highest BCUT2D eigenvalue weighted by molar-refractivity contribution is 9.10. The van der Waals surface area contributed by atoms with Crippen LogP contribution in [0.3, 0.4) is 0 Å². The molecule has 2 aromatic carbocycles. The third-order valence-corrected chi connectivity index (χ3v) is 4.09. The number of halogens is 4. The molecule has 0 aliphatic carbocycles. The van der Waals surface area contributed by atoms with E-state index in [1.54, 1.807) is 12.1 Å². The second kappa shape index (κ2) is 7.79. The van der Waals surface area contributed by atoms with Gasteiger partial charge < -0.3 is 4.42 Å². The lowest BCUT2D eigenvalue weighted by Crippen LogP contribution is -2.18. The van der Waals surface area contributed by atoms with E-state index in [2.05, 4.69) is 26.5 Å². The van der Waals surface area contributed by atoms with Gasteiger partial charge in [-0.3, -0.25) is 4.79 Å². The van der Waals surface area contributed by atoms with Gasteiger partial charge in [0.15, 0.2) is 0 Å². The highest BCUT2D eigenvalue weighted by Gasteiger charge is 2.30. The largest absolute Gasteiger partial charge is 0.455 e. The molecule has 27 heavy (non-hydrogen) atoms. The summed E-state index contributed by atoms with van der Waals surface area (Å²) in [7, 11) is 0. The average Bonchev–Trinajstić information content (AvgIpc) is 3.10. The molecule has 0 spiro atoms. The first-order chi connectivity index (χ1) is 12.8. The number of hydrogen-bond donors (Lipinski definition) is 1. The Hall–Kier alpha value is -2.87. The standard InChI is InChI=1S/C19H12BrF3N2O2/c20-15-6-4-12(5-7-15)17-9-8-16(27-17)11-24-25-18(26)13-2-1-3-14(10-13)19(21,22)23/h1-11H,(H,25,26)/b24-11+. The smallest absolute Gasteiger partial charge is 0.416 e. The van der Waals surface area contributed by atoms with Crippen molar-refractivity contribution in [1.82, 2.24) is 5.43 Å². The number of nitrogens with zero attached hydrogens (tertiary/aromatic N) is 1. The van der Waals surface area contributed by atoms with Crippen LogP contribution in [0.5, 0.6) is 0 Å². The van der Waals surface area contributed by atoms with E-state index in [1.165, 1.54) is 18.3 Å². The highest BCUT2D eigenvalue weighted by Crippen LogP contribution is 2.29. The maximum absolute atomic E-state index is 12.7. The number of benzene rings is 2. The lowest BCUT2D eigenvalue weighted by Gasteiger charge is -2.07. The molecule has 8 heteroatoms. The summed E-state index contributed by atoms with van der Waals surface area (Å²) in [4.78, 5) is 11.9. The van der Waals surface area contributed by atoms with E-state index in [0.29, 0.717) is 11.5 Å². The van der Waals surface area contributed by atoms with Gasteiger partial charge in [-0.25, -0.2) is 5.43 Å². The van der Waals surface area contributed by atoms with Crippen molar-refractivity contribution in [1.29, 1.82) is 0 Å². The van der Waals surface area contributed by atoms with Gasteiger partial charge in [-0.05, 0) is 42.5 Å².